The maximum atomic E-state index is 14.1. The molecule has 1 atom stereocenters. The number of halogens is 1. The number of rotatable bonds is 5. The van der Waals surface area contributed by atoms with Crippen LogP contribution in [0.25, 0.3) is 0 Å². The fourth-order valence-electron chi connectivity index (χ4n) is 5.76. The summed E-state index contributed by atoms with van der Waals surface area (Å²) in [5.41, 5.74) is 4.50. The summed E-state index contributed by atoms with van der Waals surface area (Å²) in [5.74, 6) is -0.317. The number of hydrogen-bond acceptors (Lipinski definition) is 5. The Labute approximate surface area is 222 Å². The summed E-state index contributed by atoms with van der Waals surface area (Å²) in [6, 6.07) is 12.3. The lowest BCUT2D eigenvalue weighted by atomic mass is 9.93. The minimum absolute atomic E-state index is 0.0279. The number of fused-ring (bicyclic) bond motifs is 1. The smallest absolute Gasteiger partial charge is 0.243 e. The van der Waals surface area contributed by atoms with E-state index in [4.69, 9.17) is 0 Å². The van der Waals surface area contributed by atoms with E-state index in [1.807, 2.05) is 39.0 Å². The average molecular weight is 542 g/mol. The van der Waals surface area contributed by atoms with E-state index in [0.29, 0.717) is 24.5 Å². The number of carbonyl (C=O) groups excluding carboxylic acids is 1. The van der Waals surface area contributed by atoms with Crippen LogP contribution in [-0.4, -0.2) is 67.7 Å². The Morgan fingerprint density at radius 3 is 2.38 bits per heavy atom. The van der Waals surface area contributed by atoms with Gasteiger partial charge in [0, 0.05) is 37.6 Å². The minimum atomic E-state index is -3.64. The lowest BCUT2D eigenvalue weighted by molar-refractivity contribution is -0.134. The van der Waals surface area contributed by atoms with Crippen LogP contribution in [-0.2, 0) is 21.2 Å². The van der Waals surface area contributed by atoms with Crippen LogP contribution < -0.4 is 0 Å². The van der Waals surface area contributed by atoms with Gasteiger partial charge in [0.15, 0.2) is 0 Å². The molecule has 2 aliphatic heterocycles. The Bertz CT molecular complexity index is 1400. The van der Waals surface area contributed by atoms with Crippen molar-refractivity contribution in [2.75, 3.05) is 39.3 Å². The van der Waals surface area contributed by atoms with Gasteiger partial charge in [0.25, 0.3) is 0 Å². The van der Waals surface area contributed by atoms with Crippen LogP contribution >= 0.6 is 11.3 Å². The predicted molar refractivity (Wildman–Crippen MR) is 144 cm³/mol. The van der Waals surface area contributed by atoms with Crippen LogP contribution in [0, 0.1) is 26.6 Å². The summed E-state index contributed by atoms with van der Waals surface area (Å²) in [6.07, 6.45) is 0.855. The normalized spacial score (nSPS) is 19.1. The molecule has 196 valence electrons. The molecule has 1 saturated heterocycles. The van der Waals surface area contributed by atoms with Crippen LogP contribution in [0.2, 0.25) is 0 Å². The molecule has 2 aliphatic rings. The summed E-state index contributed by atoms with van der Waals surface area (Å²) in [6.45, 7) is 7.78. The van der Waals surface area contributed by atoms with Gasteiger partial charge < -0.3 is 4.90 Å². The molecular formula is C28H32FN3O3S2. The third kappa shape index (κ3) is 5.10. The number of sulfonamides is 1. The first-order valence-corrected chi connectivity index (χ1v) is 14.9. The maximum Gasteiger partial charge on any atom is 0.243 e. The van der Waals surface area contributed by atoms with E-state index in [1.54, 1.807) is 28.4 Å². The van der Waals surface area contributed by atoms with Gasteiger partial charge in [-0.25, -0.2) is 12.8 Å². The third-order valence-electron chi connectivity index (χ3n) is 7.36. The number of nitrogens with zero attached hydrogens (tertiary/aromatic N) is 3. The zero-order chi connectivity index (χ0) is 26.3. The quantitative estimate of drug-likeness (QED) is 0.484. The monoisotopic (exact) mass is 541 g/mol. The molecule has 2 aromatic carbocycles. The number of piperazine rings is 1. The highest BCUT2D eigenvalue weighted by molar-refractivity contribution is 7.89. The number of amides is 1. The summed E-state index contributed by atoms with van der Waals surface area (Å²) in [5, 5.41) is 2.05. The van der Waals surface area contributed by atoms with Crippen molar-refractivity contribution in [2.45, 2.75) is 38.1 Å². The van der Waals surface area contributed by atoms with Crippen molar-refractivity contribution >= 4 is 27.3 Å². The molecule has 1 amide bonds. The van der Waals surface area contributed by atoms with Gasteiger partial charge in [0.05, 0.1) is 17.5 Å². The fourth-order valence-corrected chi connectivity index (χ4v) is 8.50. The van der Waals surface area contributed by atoms with E-state index >= 15 is 0 Å². The molecule has 3 heterocycles. The van der Waals surface area contributed by atoms with Crippen LogP contribution in [0.3, 0.4) is 0 Å². The lowest BCUT2D eigenvalue weighted by Gasteiger charge is -2.39. The molecule has 0 spiro atoms. The first kappa shape index (κ1) is 26.0. The van der Waals surface area contributed by atoms with E-state index in [0.717, 1.165) is 34.2 Å². The van der Waals surface area contributed by atoms with Crippen LogP contribution in [0.1, 0.15) is 38.7 Å². The minimum Gasteiger partial charge on any atom is -0.339 e. The van der Waals surface area contributed by atoms with Gasteiger partial charge in [-0.3, -0.25) is 9.69 Å². The van der Waals surface area contributed by atoms with Crippen molar-refractivity contribution in [3.63, 3.8) is 0 Å². The van der Waals surface area contributed by atoms with Gasteiger partial charge in [-0.05, 0) is 73.0 Å². The Balaban J connectivity index is 1.29. The standard InChI is InChI=1S/C28H32FN3O3S2/c1-19-15-20(2)28(21(3)16-19)37(34,35)32-12-10-30(11-13-32)26(33)18-31-9-7-25-24(8-14-36-25)27(31)22-5-4-6-23(29)17-22/h4-6,8,14-17,27H,7,9-13,18H2,1-3H3. The number of hydrogen-bond donors (Lipinski definition) is 0. The molecule has 0 radical (unpaired) electrons. The average Bonchev–Trinajstić information content (AvgIpc) is 3.32. The van der Waals surface area contributed by atoms with Gasteiger partial charge in [0.2, 0.25) is 15.9 Å². The Kier molecular flexibility index (Phi) is 7.24. The summed E-state index contributed by atoms with van der Waals surface area (Å²) in [7, 11) is -3.64. The molecular weight excluding hydrogens is 509 g/mol. The van der Waals surface area contributed by atoms with Crippen molar-refractivity contribution in [2.24, 2.45) is 0 Å². The summed E-state index contributed by atoms with van der Waals surface area (Å²) >= 11 is 1.70. The molecule has 0 bridgehead atoms. The first-order valence-electron chi connectivity index (χ1n) is 12.6. The Morgan fingerprint density at radius 1 is 1.00 bits per heavy atom. The molecule has 9 heteroatoms. The molecule has 0 aliphatic carbocycles. The number of aryl methyl sites for hydroxylation is 3. The summed E-state index contributed by atoms with van der Waals surface area (Å²) in [4.78, 5) is 18.9. The zero-order valence-corrected chi connectivity index (χ0v) is 23.0. The highest BCUT2D eigenvalue weighted by Gasteiger charge is 2.35. The molecule has 1 unspecified atom stereocenters. The predicted octanol–water partition coefficient (Wildman–Crippen LogP) is 4.29. The second-order valence-corrected chi connectivity index (χ2v) is 12.9. The third-order valence-corrected chi connectivity index (χ3v) is 10.6. The van der Waals surface area contributed by atoms with Crippen molar-refractivity contribution in [3.8, 4) is 0 Å². The van der Waals surface area contributed by atoms with E-state index in [1.165, 1.54) is 15.2 Å². The molecule has 5 rings (SSSR count). The van der Waals surface area contributed by atoms with E-state index < -0.39 is 10.0 Å². The van der Waals surface area contributed by atoms with E-state index in [2.05, 4.69) is 16.3 Å². The molecule has 0 saturated carbocycles. The van der Waals surface area contributed by atoms with Crippen LogP contribution in [0.4, 0.5) is 4.39 Å². The van der Waals surface area contributed by atoms with Gasteiger partial charge >= 0.3 is 0 Å². The highest BCUT2D eigenvalue weighted by Crippen LogP contribution is 2.38. The fraction of sp³-hybridized carbons (Fsp3) is 0.393. The van der Waals surface area contributed by atoms with Gasteiger partial charge in [0.1, 0.15) is 5.82 Å². The van der Waals surface area contributed by atoms with Crippen molar-refractivity contribution in [1.29, 1.82) is 0 Å². The second-order valence-electron chi connectivity index (χ2n) is 9.99. The number of benzene rings is 2. The van der Waals surface area contributed by atoms with Gasteiger partial charge in [-0.15, -0.1) is 11.3 Å². The SMILES string of the molecule is Cc1cc(C)c(S(=O)(=O)N2CCN(C(=O)CN3CCc4sccc4C3c3cccc(F)c3)CC2)c(C)c1. The molecule has 6 nitrogen and oxygen atoms in total. The molecule has 1 aromatic heterocycles. The number of carbonyl (C=O) groups is 1. The first-order chi connectivity index (χ1) is 17.6. The van der Waals surface area contributed by atoms with E-state index in [9.17, 15) is 17.6 Å². The van der Waals surface area contributed by atoms with E-state index in [-0.39, 0.29) is 37.4 Å². The van der Waals surface area contributed by atoms with Gasteiger partial charge in [-0.2, -0.15) is 4.31 Å². The molecule has 0 N–H and O–H groups in total. The maximum absolute atomic E-state index is 14.1. The summed E-state index contributed by atoms with van der Waals surface area (Å²) < 4.78 is 42.5. The lowest BCUT2D eigenvalue weighted by Crippen LogP contribution is -2.53. The molecule has 37 heavy (non-hydrogen) atoms. The number of thiophene rings is 1. The van der Waals surface area contributed by atoms with Crippen LogP contribution in [0.5, 0.6) is 0 Å². The Morgan fingerprint density at radius 2 is 1.70 bits per heavy atom. The topological polar surface area (TPSA) is 60.9 Å². The Hall–Kier alpha value is -2.59. The largest absolute Gasteiger partial charge is 0.339 e. The molecule has 3 aromatic rings. The van der Waals surface area contributed by atoms with Crippen molar-refractivity contribution in [3.05, 3.63) is 86.4 Å². The van der Waals surface area contributed by atoms with Gasteiger partial charge in [-0.1, -0.05) is 29.8 Å². The van der Waals surface area contributed by atoms with Crippen molar-refractivity contribution < 1.29 is 17.6 Å². The zero-order valence-electron chi connectivity index (χ0n) is 21.4. The second kappa shape index (κ2) is 10.3. The highest BCUT2D eigenvalue weighted by atomic mass is 32.2. The van der Waals surface area contributed by atoms with Crippen molar-refractivity contribution in [1.82, 2.24) is 14.1 Å². The van der Waals surface area contributed by atoms with Crippen LogP contribution in [0.15, 0.2) is 52.7 Å². The molecule has 1 fully saturated rings.